The number of carbonyl (C=O) groups is 7. The van der Waals surface area contributed by atoms with E-state index < -0.39 is 80.1 Å². The van der Waals surface area contributed by atoms with E-state index in [0.29, 0.717) is 27.9 Å². The summed E-state index contributed by atoms with van der Waals surface area (Å²) in [5.41, 5.74) is 0.160. The van der Waals surface area contributed by atoms with Gasteiger partial charge in [-0.3, -0.25) is 33.8 Å². The van der Waals surface area contributed by atoms with Crippen LogP contribution in [0.3, 0.4) is 0 Å². The highest BCUT2D eigenvalue weighted by atomic mass is 32.2. The second-order valence-electron chi connectivity index (χ2n) is 16.4. The van der Waals surface area contributed by atoms with Crippen molar-refractivity contribution in [3.63, 3.8) is 0 Å². The maximum atomic E-state index is 13.6. The molecule has 0 radical (unpaired) electrons. The molecule has 8 heterocycles. The summed E-state index contributed by atoms with van der Waals surface area (Å²) in [4.78, 5) is 112. The monoisotopic (exact) mass is 1020 g/mol. The summed E-state index contributed by atoms with van der Waals surface area (Å²) in [6.07, 6.45) is 2.28. The number of quaternary nitrogens is 1. The average Bonchev–Trinajstić information content (AvgIpc) is 4.12. The first-order chi connectivity index (χ1) is 31.9. The minimum atomic E-state index is -3.30. The number of aliphatic carboxylic acids is 2. The number of carboxylic acids is 2. The van der Waals surface area contributed by atoms with Crippen LogP contribution in [0.1, 0.15) is 30.7 Å². The Morgan fingerprint density at radius 3 is 1.84 bits per heavy atom. The van der Waals surface area contributed by atoms with Gasteiger partial charge in [0.1, 0.15) is 66.4 Å². The highest BCUT2D eigenvalue weighted by Crippen LogP contribution is 2.42. The van der Waals surface area contributed by atoms with Gasteiger partial charge >= 0.3 is 11.9 Å². The van der Waals surface area contributed by atoms with Crippen LogP contribution in [0.5, 0.6) is 0 Å². The van der Waals surface area contributed by atoms with E-state index in [0.717, 1.165) is 53.5 Å². The molecule has 24 nitrogen and oxygen atoms in total. The van der Waals surface area contributed by atoms with Gasteiger partial charge in [-0.1, -0.05) is 10.3 Å². The number of likely N-dealkylation sites (tertiary alicyclic amines) is 1. The van der Waals surface area contributed by atoms with E-state index in [4.69, 9.17) is 9.68 Å². The SMILES string of the molecule is CO/N=C(/C(=O)N[C@@H]1C(=O)N2C(C(=O)O)=C(C[N+]3(C)CCCC3)CS[C@H]12)c1csc(NCC2=C(C(=O)O)N3C(=O)[C@@H](NC(=O)/C(=N/OC)c4csc(NC(=O)C5CCS(=O)(=O)C5)n4)[C@H]3SC2)n1. The summed E-state index contributed by atoms with van der Waals surface area (Å²) < 4.78 is 24.3. The van der Waals surface area contributed by atoms with E-state index in [2.05, 4.69) is 48.6 Å². The number of nitrogens with one attached hydrogen (secondary N) is 4. The van der Waals surface area contributed by atoms with Crippen LogP contribution in [0.2, 0.25) is 0 Å². The molecule has 0 aliphatic carbocycles. The van der Waals surface area contributed by atoms with E-state index in [-0.39, 0.29) is 74.7 Å². The number of oxime groups is 2. The molecule has 29 heteroatoms. The molecular weight excluding hydrogens is 979 g/mol. The lowest BCUT2D eigenvalue weighted by Crippen LogP contribution is -2.71. The molecule has 2 aromatic rings. The third-order valence-electron chi connectivity index (χ3n) is 11.9. The van der Waals surface area contributed by atoms with E-state index in [1.165, 1.54) is 53.4 Å². The molecule has 0 aromatic carbocycles. The summed E-state index contributed by atoms with van der Waals surface area (Å²) in [6, 6.07) is -2.18. The van der Waals surface area contributed by atoms with Gasteiger partial charge in [-0.25, -0.2) is 28.0 Å². The van der Waals surface area contributed by atoms with E-state index in [1.54, 1.807) is 0 Å². The molecular formula is C38H44N11O13S5+. The fourth-order valence-corrected chi connectivity index (χ4v) is 14.5. The van der Waals surface area contributed by atoms with Crippen molar-refractivity contribution in [3.05, 3.63) is 44.7 Å². The molecule has 0 saturated carbocycles. The Balaban J connectivity index is 0.878. The first-order valence-electron chi connectivity index (χ1n) is 20.6. The fraction of sp³-hybridized carbons (Fsp3) is 0.500. The number of carbonyl (C=O) groups excluding carboxylic acids is 5. The minimum Gasteiger partial charge on any atom is -0.477 e. The van der Waals surface area contributed by atoms with Crippen molar-refractivity contribution in [2.24, 2.45) is 16.2 Å². The molecule has 6 aliphatic heterocycles. The molecule has 358 valence electrons. The van der Waals surface area contributed by atoms with Gasteiger partial charge < -0.3 is 45.6 Å². The molecule has 0 bridgehead atoms. The number of fused-ring (bicyclic) bond motifs is 2. The van der Waals surface area contributed by atoms with Crippen molar-refractivity contribution in [1.82, 2.24) is 30.4 Å². The highest BCUT2D eigenvalue weighted by Gasteiger charge is 2.56. The number of thiazole rings is 2. The summed E-state index contributed by atoms with van der Waals surface area (Å²) >= 11 is 4.61. The van der Waals surface area contributed by atoms with Gasteiger partial charge in [-0.05, 0) is 12.0 Å². The molecule has 5 atom stereocenters. The zero-order valence-electron chi connectivity index (χ0n) is 35.9. The van der Waals surface area contributed by atoms with Crippen molar-refractivity contribution in [2.75, 3.05) is 81.1 Å². The molecule has 6 aliphatic rings. The van der Waals surface area contributed by atoms with Gasteiger partial charge in [0.25, 0.3) is 23.6 Å². The molecule has 67 heavy (non-hydrogen) atoms. The van der Waals surface area contributed by atoms with Crippen molar-refractivity contribution < 1.29 is 66.4 Å². The normalized spacial score (nSPS) is 25.4. The first kappa shape index (κ1) is 47.9. The molecule has 0 spiro atoms. The maximum Gasteiger partial charge on any atom is 0.352 e. The number of aromatic nitrogens is 2. The van der Waals surface area contributed by atoms with Gasteiger partial charge in [-0.15, -0.1) is 46.2 Å². The van der Waals surface area contributed by atoms with Crippen LogP contribution in [0.15, 0.2) is 43.6 Å². The van der Waals surface area contributed by atoms with Crippen LogP contribution >= 0.6 is 46.2 Å². The second kappa shape index (κ2) is 19.2. The van der Waals surface area contributed by atoms with Crippen LogP contribution < -0.4 is 21.3 Å². The minimum absolute atomic E-state index is 0.00120. The number of rotatable bonds is 17. The van der Waals surface area contributed by atoms with E-state index >= 15 is 0 Å². The van der Waals surface area contributed by atoms with Crippen LogP contribution in [0.25, 0.3) is 0 Å². The Bertz CT molecular complexity index is 2670. The molecule has 8 rings (SSSR count). The Morgan fingerprint density at radius 2 is 1.33 bits per heavy atom. The van der Waals surface area contributed by atoms with Crippen molar-refractivity contribution in [3.8, 4) is 0 Å². The van der Waals surface area contributed by atoms with Crippen LogP contribution in [-0.2, 0) is 53.1 Å². The number of β-lactam (4-membered cyclic amide) rings is 2. The predicted octanol–water partition coefficient (Wildman–Crippen LogP) is -0.496. The topological polar surface area (TPSA) is 318 Å². The number of carboxylic acid groups (broad SMARTS) is 2. The van der Waals surface area contributed by atoms with Gasteiger partial charge in [0.05, 0.1) is 37.6 Å². The number of anilines is 2. The van der Waals surface area contributed by atoms with Crippen LogP contribution in [0.4, 0.5) is 10.3 Å². The molecule has 2 aromatic heterocycles. The molecule has 6 N–H and O–H groups in total. The second-order valence-corrected chi connectivity index (χ2v) is 22.6. The van der Waals surface area contributed by atoms with Crippen molar-refractivity contribution >= 4 is 119 Å². The summed E-state index contributed by atoms with van der Waals surface area (Å²) in [5.74, 6) is -6.60. The highest BCUT2D eigenvalue weighted by molar-refractivity contribution is 8.00. The molecule has 5 amide bonds. The van der Waals surface area contributed by atoms with Gasteiger partial charge in [-0.2, -0.15) is 0 Å². The third-order valence-corrected chi connectivity index (χ3v) is 17.9. The maximum absolute atomic E-state index is 13.6. The fourth-order valence-electron chi connectivity index (χ4n) is 8.65. The smallest absolute Gasteiger partial charge is 0.352 e. The largest absolute Gasteiger partial charge is 0.477 e. The number of hydrogen-bond donors (Lipinski definition) is 6. The summed E-state index contributed by atoms with van der Waals surface area (Å²) in [6.45, 7) is 2.30. The summed E-state index contributed by atoms with van der Waals surface area (Å²) in [7, 11) is 1.20. The number of thioether (sulfide) groups is 2. The van der Waals surface area contributed by atoms with E-state index in [9.17, 15) is 52.2 Å². The van der Waals surface area contributed by atoms with E-state index in [1.807, 2.05) is 0 Å². The third kappa shape index (κ3) is 9.60. The lowest BCUT2D eigenvalue weighted by molar-refractivity contribution is -0.893. The Hall–Kier alpha value is -5.62. The average molecular weight is 1020 g/mol. The zero-order chi connectivity index (χ0) is 47.9. The summed E-state index contributed by atoms with van der Waals surface area (Å²) in [5, 5.41) is 40.7. The van der Waals surface area contributed by atoms with Gasteiger partial charge in [0.15, 0.2) is 31.5 Å². The Labute approximate surface area is 398 Å². The van der Waals surface area contributed by atoms with Crippen LogP contribution in [0, 0.1) is 5.92 Å². The number of hydrogen-bond acceptors (Lipinski definition) is 20. The van der Waals surface area contributed by atoms with Gasteiger partial charge in [0.2, 0.25) is 5.91 Å². The van der Waals surface area contributed by atoms with Crippen LogP contribution in [-0.4, -0.2) is 189 Å². The molecule has 1 unspecified atom stereocenters. The lowest BCUT2D eigenvalue weighted by atomic mass is 10.0. The van der Waals surface area contributed by atoms with Crippen molar-refractivity contribution in [2.45, 2.75) is 42.1 Å². The van der Waals surface area contributed by atoms with Gasteiger partial charge in [0, 0.05) is 47.2 Å². The number of nitrogens with zero attached hydrogens (tertiary/aromatic N) is 7. The quantitative estimate of drug-likeness (QED) is 0.0504. The molecule has 4 saturated heterocycles. The Morgan fingerprint density at radius 1 is 0.821 bits per heavy atom. The standard InChI is InChI=1S/C38H43N11O13S5/c1-49(7-4-5-8-49)11-19-13-64-34-25(32(54)48(34)27(19)36(57)58)43-29(51)22(45-61-2)20-14-65-37(40-20)39-10-18-12-63-33-24(31(53)47(33)26(18)35(55)56)42-30(52)23(46-62-3)21-15-66-38(41-21)44-28(50)17-6-9-67(59,60)16-17/h14-15,17,24-25,33-34H,4-13,16H2,1-3H3,(H5-,39,40,41,42,43,44,50,51,52,55,56,57,58)/p+1/b45-22+,46-23+/t17?,24-,25-,33-,34-/m1/s1. The number of sulfone groups is 1. The molecule has 4 fully saturated rings. The first-order valence-corrected chi connectivity index (χ1v) is 26.2. The predicted molar refractivity (Wildman–Crippen MR) is 245 cm³/mol. The zero-order valence-corrected chi connectivity index (χ0v) is 40.0. The number of likely N-dealkylation sites (N-methyl/N-ethyl adjacent to an activating group) is 1. The Kier molecular flexibility index (Phi) is 13.7. The number of amides is 5. The van der Waals surface area contributed by atoms with Crippen molar-refractivity contribution in [1.29, 1.82) is 0 Å². The lowest BCUT2D eigenvalue weighted by Gasteiger charge is -2.49.